The van der Waals surface area contributed by atoms with Gasteiger partial charge in [0.25, 0.3) is 0 Å². The van der Waals surface area contributed by atoms with Gasteiger partial charge in [-0.15, -0.1) is 0 Å². The molecule has 1 aliphatic carbocycles. The van der Waals surface area contributed by atoms with Gasteiger partial charge in [-0.1, -0.05) is 12.2 Å². The Morgan fingerprint density at radius 3 is 2.94 bits per heavy atom. The van der Waals surface area contributed by atoms with E-state index < -0.39 is 0 Å². The van der Waals surface area contributed by atoms with Crippen LogP contribution >= 0.6 is 0 Å². The quantitative estimate of drug-likeness (QED) is 0.564. The fourth-order valence-corrected chi connectivity index (χ4v) is 2.28. The number of ketones is 1. The number of methoxy groups -OCH3 is 1. The Kier molecular flexibility index (Phi) is 5.91. The third-order valence-electron chi connectivity index (χ3n) is 3.25. The zero-order valence-electron chi connectivity index (χ0n) is 10.2. The first-order valence-corrected chi connectivity index (χ1v) is 6.04. The molecule has 0 aliphatic heterocycles. The van der Waals surface area contributed by atoms with Gasteiger partial charge >= 0.3 is 5.97 Å². The Morgan fingerprint density at radius 1 is 1.53 bits per heavy atom. The first-order valence-electron chi connectivity index (χ1n) is 6.04. The molecule has 0 bridgehead atoms. The molecule has 0 unspecified atom stereocenters. The minimum Gasteiger partial charge on any atom is -0.469 e. The summed E-state index contributed by atoms with van der Waals surface area (Å²) in [5.41, 5.74) is 0. The highest BCUT2D eigenvalue weighted by molar-refractivity contribution is 5.84. The Bertz CT molecular complexity index is 296. The van der Waals surface area contributed by atoms with E-state index in [-0.39, 0.29) is 30.2 Å². The molecule has 4 heteroatoms. The number of aliphatic hydroxyl groups is 1. The van der Waals surface area contributed by atoms with E-state index in [0.29, 0.717) is 25.7 Å². The van der Waals surface area contributed by atoms with Crippen molar-refractivity contribution in [2.75, 3.05) is 13.7 Å². The molecule has 1 saturated carbocycles. The van der Waals surface area contributed by atoms with E-state index in [9.17, 15) is 9.59 Å². The SMILES string of the molecule is COC(=O)C[C@H]1CCC(=O)[C@@H]1C/C=C/CCO. The van der Waals surface area contributed by atoms with Crippen LogP contribution in [-0.4, -0.2) is 30.6 Å². The Labute approximate surface area is 102 Å². The average molecular weight is 240 g/mol. The standard InChI is InChI=1S/C13H20O4/c1-17-13(16)9-10-6-7-12(15)11(10)5-3-2-4-8-14/h2-3,10-11,14H,4-9H2,1H3/b3-2+/t10-,11-/m1/s1. The van der Waals surface area contributed by atoms with Crippen LogP contribution in [0, 0.1) is 11.8 Å². The number of allylic oxidation sites excluding steroid dienone is 1. The molecule has 0 aromatic heterocycles. The van der Waals surface area contributed by atoms with Crippen molar-refractivity contribution < 1.29 is 19.4 Å². The summed E-state index contributed by atoms with van der Waals surface area (Å²) in [5.74, 6) is 0.0689. The Balaban J connectivity index is 2.47. The van der Waals surface area contributed by atoms with Crippen molar-refractivity contribution in [3.63, 3.8) is 0 Å². The fraction of sp³-hybridized carbons (Fsp3) is 0.692. The molecule has 0 amide bonds. The lowest BCUT2D eigenvalue weighted by Crippen LogP contribution is -2.18. The van der Waals surface area contributed by atoms with Gasteiger partial charge in [0.1, 0.15) is 5.78 Å². The maximum atomic E-state index is 11.7. The van der Waals surface area contributed by atoms with E-state index in [0.717, 1.165) is 6.42 Å². The van der Waals surface area contributed by atoms with Crippen molar-refractivity contribution in [3.8, 4) is 0 Å². The van der Waals surface area contributed by atoms with Crippen LogP contribution in [0.5, 0.6) is 0 Å². The number of carbonyl (C=O) groups excluding carboxylic acids is 2. The second-order valence-corrected chi connectivity index (χ2v) is 4.37. The van der Waals surface area contributed by atoms with Gasteiger partial charge in [-0.25, -0.2) is 0 Å². The van der Waals surface area contributed by atoms with E-state index in [4.69, 9.17) is 5.11 Å². The maximum Gasteiger partial charge on any atom is 0.305 e. The second kappa shape index (κ2) is 7.22. The van der Waals surface area contributed by atoms with Crippen molar-refractivity contribution in [2.24, 2.45) is 11.8 Å². The summed E-state index contributed by atoms with van der Waals surface area (Å²) >= 11 is 0. The number of hydrogen-bond acceptors (Lipinski definition) is 4. The van der Waals surface area contributed by atoms with Gasteiger partial charge in [-0.3, -0.25) is 9.59 Å². The minimum atomic E-state index is -0.242. The second-order valence-electron chi connectivity index (χ2n) is 4.37. The molecule has 1 N–H and O–H groups in total. The largest absolute Gasteiger partial charge is 0.469 e. The van der Waals surface area contributed by atoms with Crippen molar-refractivity contribution in [1.29, 1.82) is 0 Å². The predicted molar refractivity (Wildman–Crippen MR) is 63.3 cm³/mol. The zero-order valence-corrected chi connectivity index (χ0v) is 10.2. The van der Waals surface area contributed by atoms with E-state index >= 15 is 0 Å². The first kappa shape index (κ1) is 13.9. The minimum absolute atomic E-state index is 0.0518. The third kappa shape index (κ3) is 4.30. The number of aliphatic hydroxyl groups excluding tert-OH is 1. The molecule has 17 heavy (non-hydrogen) atoms. The zero-order chi connectivity index (χ0) is 12.7. The molecule has 4 nitrogen and oxygen atoms in total. The molecule has 1 fully saturated rings. The number of Topliss-reactive ketones (excluding diaryl/α,β-unsaturated/α-hetero) is 1. The number of esters is 1. The van der Waals surface area contributed by atoms with Crippen molar-refractivity contribution in [2.45, 2.75) is 32.1 Å². The smallest absolute Gasteiger partial charge is 0.305 e. The van der Waals surface area contributed by atoms with E-state index in [1.54, 1.807) is 0 Å². The summed E-state index contributed by atoms with van der Waals surface area (Å²) in [6.07, 6.45) is 6.77. The third-order valence-corrected chi connectivity index (χ3v) is 3.25. The maximum absolute atomic E-state index is 11.7. The van der Waals surface area contributed by atoms with Crippen molar-refractivity contribution in [1.82, 2.24) is 0 Å². The Morgan fingerprint density at radius 2 is 2.29 bits per heavy atom. The summed E-state index contributed by atoms with van der Waals surface area (Å²) < 4.78 is 4.64. The Hall–Kier alpha value is -1.16. The van der Waals surface area contributed by atoms with Gasteiger partial charge in [0.05, 0.1) is 7.11 Å². The number of carbonyl (C=O) groups is 2. The van der Waals surface area contributed by atoms with Crippen LogP contribution in [0.2, 0.25) is 0 Å². The van der Waals surface area contributed by atoms with Crippen LogP contribution in [0.1, 0.15) is 32.1 Å². The molecular formula is C13H20O4. The van der Waals surface area contributed by atoms with Crippen LogP contribution in [0.15, 0.2) is 12.2 Å². The molecule has 0 aromatic carbocycles. The number of rotatable bonds is 6. The van der Waals surface area contributed by atoms with Gasteiger partial charge in [-0.2, -0.15) is 0 Å². The molecule has 0 aromatic rings. The van der Waals surface area contributed by atoms with Gasteiger partial charge < -0.3 is 9.84 Å². The van der Waals surface area contributed by atoms with Crippen LogP contribution in [-0.2, 0) is 14.3 Å². The lowest BCUT2D eigenvalue weighted by molar-refractivity contribution is -0.142. The van der Waals surface area contributed by atoms with E-state index in [1.807, 2.05) is 12.2 Å². The van der Waals surface area contributed by atoms with Crippen LogP contribution in [0.4, 0.5) is 0 Å². The van der Waals surface area contributed by atoms with Gasteiger partial charge in [0.15, 0.2) is 0 Å². The highest BCUT2D eigenvalue weighted by Crippen LogP contribution is 2.34. The number of hydrogen-bond donors (Lipinski definition) is 1. The molecule has 1 rings (SSSR count). The summed E-state index contributed by atoms with van der Waals surface area (Å²) in [4.78, 5) is 22.9. The molecule has 0 heterocycles. The van der Waals surface area contributed by atoms with E-state index in [2.05, 4.69) is 4.74 Å². The molecular weight excluding hydrogens is 220 g/mol. The van der Waals surface area contributed by atoms with Crippen LogP contribution in [0.3, 0.4) is 0 Å². The average Bonchev–Trinajstić information content (AvgIpc) is 2.66. The molecule has 0 radical (unpaired) electrons. The lowest BCUT2D eigenvalue weighted by Gasteiger charge is -2.15. The molecule has 0 saturated heterocycles. The van der Waals surface area contributed by atoms with Gasteiger partial charge in [0, 0.05) is 25.4 Å². The monoisotopic (exact) mass is 240 g/mol. The van der Waals surface area contributed by atoms with E-state index in [1.165, 1.54) is 7.11 Å². The number of ether oxygens (including phenoxy) is 1. The van der Waals surface area contributed by atoms with Gasteiger partial charge in [0.2, 0.25) is 0 Å². The molecule has 96 valence electrons. The molecule has 1 aliphatic rings. The topological polar surface area (TPSA) is 63.6 Å². The summed E-state index contributed by atoms with van der Waals surface area (Å²) in [6.45, 7) is 0.126. The predicted octanol–water partition coefficient (Wildman–Crippen LogP) is 1.47. The normalized spacial score (nSPS) is 24.5. The first-order chi connectivity index (χ1) is 8.19. The summed E-state index contributed by atoms with van der Waals surface area (Å²) in [7, 11) is 1.37. The molecule has 2 atom stereocenters. The van der Waals surface area contributed by atoms with Crippen molar-refractivity contribution in [3.05, 3.63) is 12.2 Å². The lowest BCUT2D eigenvalue weighted by atomic mass is 9.89. The van der Waals surface area contributed by atoms with Crippen LogP contribution in [0.25, 0.3) is 0 Å². The highest BCUT2D eigenvalue weighted by atomic mass is 16.5. The molecule has 0 spiro atoms. The van der Waals surface area contributed by atoms with Crippen LogP contribution < -0.4 is 0 Å². The fourth-order valence-electron chi connectivity index (χ4n) is 2.28. The summed E-state index contributed by atoms with van der Waals surface area (Å²) in [6, 6.07) is 0. The highest BCUT2D eigenvalue weighted by Gasteiger charge is 2.34. The van der Waals surface area contributed by atoms with Gasteiger partial charge in [-0.05, 0) is 25.2 Å². The van der Waals surface area contributed by atoms with Crippen molar-refractivity contribution >= 4 is 11.8 Å². The summed E-state index contributed by atoms with van der Waals surface area (Å²) in [5, 5.41) is 8.63.